The van der Waals surface area contributed by atoms with Crippen LogP contribution in [0.15, 0.2) is 61.2 Å². The smallest absolute Gasteiger partial charge is 0.133 e. The average molecular weight is 333 g/mol. The standard InChI is InChI=1S/C20H23N5/c1-16-3-5-18(6-4-16)14-22-19-13-20(24-15-23-19)25(2)12-9-17-7-10-21-11-8-17/h3-8,10-11,13,15H,9,12,14H2,1-2H3,(H,22,23,24). The largest absolute Gasteiger partial charge is 0.366 e. The van der Waals surface area contributed by atoms with Crippen molar-refractivity contribution < 1.29 is 0 Å². The van der Waals surface area contributed by atoms with Crippen molar-refractivity contribution >= 4 is 11.6 Å². The third kappa shape index (κ3) is 5.01. The van der Waals surface area contributed by atoms with Crippen LogP contribution < -0.4 is 10.2 Å². The fourth-order valence-electron chi connectivity index (χ4n) is 2.51. The summed E-state index contributed by atoms with van der Waals surface area (Å²) in [7, 11) is 2.05. The van der Waals surface area contributed by atoms with E-state index in [1.165, 1.54) is 16.7 Å². The van der Waals surface area contributed by atoms with E-state index in [9.17, 15) is 0 Å². The van der Waals surface area contributed by atoms with Gasteiger partial charge in [0.2, 0.25) is 0 Å². The first-order valence-electron chi connectivity index (χ1n) is 8.42. The van der Waals surface area contributed by atoms with E-state index in [2.05, 4.69) is 56.4 Å². The van der Waals surface area contributed by atoms with Gasteiger partial charge in [0.15, 0.2) is 0 Å². The van der Waals surface area contributed by atoms with Crippen LogP contribution in [0.2, 0.25) is 0 Å². The van der Waals surface area contributed by atoms with Crippen LogP contribution in [0.5, 0.6) is 0 Å². The Morgan fingerprint density at radius 3 is 2.48 bits per heavy atom. The molecule has 0 bridgehead atoms. The molecule has 0 aliphatic heterocycles. The van der Waals surface area contributed by atoms with Crippen molar-refractivity contribution in [3.8, 4) is 0 Å². The van der Waals surface area contributed by atoms with Gasteiger partial charge in [0.05, 0.1) is 0 Å². The van der Waals surface area contributed by atoms with Crippen molar-refractivity contribution in [3.05, 3.63) is 77.9 Å². The summed E-state index contributed by atoms with van der Waals surface area (Å²) in [5.41, 5.74) is 3.77. The summed E-state index contributed by atoms with van der Waals surface area (Å²) >= 11 is 0. The number of pyridine rings is 1. The fourth-order valence-corrected chi connectivity index (χ4v) is 2.51. The van der Waals surface area contributed by atoms with Crippen LogP contribution in [0.4, 0.5) is 11.6 Å². The number of benzene rings is 1. The number of aryl methyl sites for hydroxylation is 1. The van der Waals surface area contributed by atoms with Crippen LogP contribution in [-0.2, 0) is 13.0 Å². The lowest BCUT2D eigenvalue weighted by atomic mass is 10.1. The predicted molar refractivity (Wildman–Crippen MR) is 102 cm³/mol. The minimum Gasteiger partial charge on any atom is -0.366 e. The second-order valence-corrected chi connectivity index (χ2v) is 6.13. The molecule has 128 valence electrons. The zero-order valence-corrected chi connectivity index (χ0v) is 14.7. The first-order valence-corrected chi connectivity index (χ1v) is 8.42. The van der Waals surface area contributed by atoms with Gasteiger partial charge < -0.3 is 10.2 Å². The van der Waals surface area contributed by atoms with Crippen molar-refractivity contribution in [1.82, 2.24) is 15.0 Å². The van der Waals surface area contributed by atoms with Gasteiger partial charge in [0, 0.05) is 38.6 Å². The van der Waals surface area contributed by atoms with Gasteiger partial charge in [0.25, 0.3) is 0 Å². The van der Waals surface area contributed by atoms with E-state index >= 15 is 0 Å². The quantitative estimate of drug-likeness (QED) is 0.717. The third-order valence-electron chi connectivity index (χ3n) is 4.12. The monoisotopic (exact) mass is 333 g/mol. The molecule has 3 aromatic rings. The summed E-state index contributed by atoms with van der Waals surface area (Å²) in [6, 6.07) is 14.6. The molecular weight excluding hydrogens is 310 g/mol. The van der Waals surface area contributed by atoms with Crippen molar-refractivity contribution in [3.63, 3.8) is 0 Å². The number of nitrogens with zero attached hydrogens (tertiary/aromatic N) is 4. The number of rotatable bonds is 7. The van der Waals surface area contributed by atoms with Crippen LogP contribution in [0.1, 0.15) is 16.7 Å². The van der Waals surface area contributed by atoms with Gasteiger partial charge in [-0.05, 0) is 36.6 Å². The summed E-state index contributed by atoms with van der Waals surface area (Å²) in [5, 5.41) is 3.36. The van der Waals surface area contributed by atoms with E-state index in [4.69, 9.17) is 0 Å². The van der Waals surface area contributed by atoms with Crippen LogP contribution in [-0.4, -0.2) is 28.5 Å². The highest BCUT2D eigenvalue weighted by atomic mass is 15.2. The molecule has 25 heavy (non-hydrogen) atoms. The highest BCUT2D eigenvalue weighted by Gasteiger charge is 2.05. The van der Waals surface area contributed by atoms with Crippen LogP contribution in [0.3, 0.4) is 0 Å². The molecule has 0 atom stereocenters. The number of likely N-dealkylation sites (N-methyl/N-ethyl adjacent to an activating group) is 1. The van der Waals surface area contributed by atoms with E-state index in [-0.39, 0.29) is 0 Å². The summed E-state index contributed by atoms with van der Waals surface area (Å²) in [6.45, 7) is 3.73. The molecule has 2 aromatic heterocycles. The highest BCUT2D eigenvalue weighted by molar-refractivity contribution is 5.48. The Labute approximate surface area is 148 Å². The van der Waals surface area contributed by atoms with Crippen molar-refractivity contribution in [2.75, 3.05) is 23.8 Å². The molecule has 0 aliphatic carbocycles. The number of hydrogen-bond donors (Lipinski definition) is 1. The SMILES string of the molecule is Cc1ccc(CNc2cc(N(C)CCc3ccncc3)ncn2)cc1. The molecule has 0 unspecified atom stereocenters. The lowest BCUT2D eigenvalue weighted by Crippen LogP contribution is -2.21. The molecule has 0 fully saturated rings. The highest BCUT2D eigenvalue weighted by Crippen LogP contribution is 2.14. The Morgan fingerprint density at radius 2 is 1.72 bits per heavy atom. The Hall–Kier alpha value is -2.95. The molecule has 0 amide bonds. The Morgan fingerprint density at radius 1 is 0.960 bits per heavy atom. The maximum absolute atomic E-state index is 4.38. The molecular formula is C20H23N5. The van der Waals surface area contributed by atoms with Crippen LogP contribution in [0, 0.1) is 6.92 Å². The summed E-state index contributed by atoms with van der Waals surface area (Å²) in [6.07, 6.45) is 6.21. The zero-order valence-electron chi connectivity index (χ0n) is 14.7. The minimum absolute atomic E-state index is 0.747. The Bertz CT molecular complexity index is 787. The molecule has 5 heteroatoms. The molecule has 0 saturated heterocycles. The second-order valence-electron chi connectivity index (χ2n) is 6.13. The molecule has 0 saturated carbocycles. The van der Waals surface area contributed by atoms with Gasteiger partial charge in [-0.3, -0.25) is 4.98 Å². The normalized spacial score (nSPS) is 10.5. The lowest BCUT2D eigenvalue weighted by Gasteiger charge is -2.18. The molecule has 5 nitrogen and oxygen atoms in total. The average Bonchev–Trinajstić information content (AvgIpc) is 2.67. The maximum atomic E-state index is 4.38. The zero-order chi connectivity index (χ0) is 17.5. The van der Waals surface area contributed by atoms with Crippen molar-refractivity contribution in [2.24, 2.45) is 0 Å². The van der Waals surface area contributed by atoms with Crippen molar-refractivity contribution in [2.45, 2.75) is 19.9 Å². The Balaban J connectivity index is 1.57. The number of aromatic nitrogens is 3. The maximum Gasteiger partial charge on any atom is 0.133 e. The summed E-state index contributed by atoms with van der Waals surface area (Å²) < 4.78 is 0. The first kappa shape index (κ1) is 16.9. The Kier molecular flexibility index (Phi) is 5.57. The lowest BCUT2D eigenvalue weighted by molar-refractivity contribution is 0.854. The molecule has 1 N–H and O–H groups in total. The molecule has 0 radical (unpaired) electrons. The predicted octanol–water partition coefficient (Wildman–Crippen LogP) is 3.47. The molecule has 2 heterocycles. The van der Waals surface area contributed by atoms with Gasteiger partial charge in [-0.1, -0.05) is 29.8 Å². The first-order chi connectivity index (χ1) is 12.2. The van der Waals surface area contributed by atoms with Gasteiger partial charge in [-0.2, -0.15) is 0 Å². The van der Waals surface area contributed by atoms with E-state index < -0.39 is 0 Å². The van der Waals surface area contributed by atoms with Gasteiger partial charge >= 0.3 is 0 Å². The number of nitrogens with one attached hydrogen (secondary N) is 1. The number of anilines is 2. The molecule has 3 rings (SSSR count). The fraction of sp³-hybridized carbons (Fsp3) is 0.250. The minimum atomic E-state index is 0.747. The summed E-state index contributed by atoms with van der Waals surface area (Å²) in [5.74, 6) is 1.75. The van der Waals surface area contributed by atoms with Gasteiger partial charge in [-0.25, -0.2) is 9.97 Å². The van der Waals surface area contributed by atoms with Crippen LogP contribution >= 0.6 is 0 Å². The topological polar surface area (TPSA) is 53.9 Å². The van der Waals surface area contributed by atoms with Gasteiger partial charge in [-0.15, -0.1) is 0 Å². The van der Waals surface area contributed by atoms with Crippen molar-refractivity contribution in [1.29, 1.82) is 0 Å². The number of hydrogen-bond acceptors (Lipinski definition) is 5. The third-order valence-corrected chi connectivity index (χ3v) is 4.12. The van der Waals surface area contributed by atoms with Gasteiger partial charge in [0.1, 0.15) is 18.0 Å². The van der Waals surface area contributed by atoms with E-state index in [1.807, 2.05) is 37.6 Å². The van der Waals surface area contributed by atoms with E-state index in [0.717, 1.165) is 31.1 Å². The molecule has 0 aliphatic rings. The van der Waals surface area contributed by atoms with Crippen LogP contribution in [0.25, 0.3) is 0 Å². The molecule has 1 aromatic carbocycles. The molecule has 0 spiro atoms. The van der Waals surface area contributed by atoms with E-state index in [0.29, 0.717) is 0 Å². The summed E-state index contributed by atoms with van der Waals surface area (Å²) in [4.78, 5) is 14.9. The van der Waals surface area contributed by atoms with E-state index in [1.54, 1.807) is 6.33 Å². The second kappa shape index (κ2) is 8.24.